The molecule has 0 radical (unpaired) electrons. The molecule has 210 valence electrons. The number of carbonyl (C=O) groups is 1. The predicted molar refractivity (Wildman–Crippen MR) is 140 cm³/mol. The standard InChI is InChI=1S/C28H26F3N9O/c29-28(30,31)23-9-17(3-7-33-23)26(41)40-19-1-2-20(40)11-21(10-19)38-14-27(15-38,5-6-32)39-13-18(12-37-39)24-22-4-8-34-25(22)36-16-35-24/h3-4,7-9,12-13,16,19-21H,1-2,5,10-11,14-15H2,(H,34,35,36). The van der Waals surface area contributed by atoms with Crippen molar-refractivity contribution in [2.24, 2.45) is 0 Å². The minimum Gasteiger partial charge on any atom is -0.346 e. The Bertz CT molecular complexity index is 1650. The maximum Gasteiger partial charge on any atom is 0.433 e. The average Bonchev–Trinajstić information content (AvgIpc) is 3.68. The first-order valence-electron chi connectivity index (χ1n) is 13.6. The quantitative estimate of drug-likeness (QED) is 0.391. The molecule has 0 aliphatic carbocycles. The van der Waals surface area contributed by atoms with Gasteiger partial charge in [0.2, 0.25) is 0 Å². The van der Waals surface area contributed by atoms with E-state index in [1.807, 2.05) is 23.1 Å². The van der Waals surface area contributed by atoms with Crippen LogP contribution in [0, 0.1) is 11.3 Å². The van der Waals surface area contributed by atoms with Crippen LogP contribution in [-0.4, -0.2) is 76.6 Å². The van der Waals surface area contributed by atoms with E-state index in [1.165, 1.54) is 12.4 Å². The van der Waals surface area contributed by atoms with Gasteiger partial charge in [-0.3, -0.25) is 19.4 Å². The highest BCUT2D eigenvalue weighted by atomic mass is 19.4. The summed E-state index contributed by atoms with van der Waals surface area (Å²) < 4.78 is 41.4. The molecule has 13 heteroatoms. The largest absolute Gasteiger partial charge is 0.433 e. The fourth-order valence-corrected chi connectivity index (χ4v) is 6.91. The minimum atomic E-state index is -4.60. The molecule has 0 aromatic carbocycles. The van der Waals surface area contributed by atoms with Crippen molar-refractivity contribution in [3.63, 3.8) is 0 Å². The molecule has 3 saturated heterocycles. The van der Waals surface area contributed by atoms with Gasteiger partial charge in [-0.2, -0.15) is 23.5 Å². The van der Waals surface area contributed by atoms with Crippen LogP contribution >= 0.6 is 0 Å². The zero-order chi connectivity index (χ0) is 28.4. The van der Waals surface area contributed by atoms with Gasteiger partial charge >= 0.3 is 6.18 Å². The summed E-state index contributed by atoms with van der Waals surface area (Å²) in [4.78, 5) is 32.6. The molecular formula is C28H26F3N9O. The second kappa shape index (κ2) is 9.37. The Hall–Kier alpha value is -4.31. The fourth-order valence-electron chi connectivity index (χ4n) is 6.91. The Labute approximate surface area is 232 Å². The van der Waals surface area contributed by atoms with Crippen LogP contribution < -0.4 is 0 Å². The van der Waals surface area contributed by atoms with Crippen LogP contribution in [0.2, 0.25) is 0 Å². The molecule has 3 aliphatic heterocycles. The van der Waals surface area contributed by atoms with Crippen molar-refractivity contribution >= 4 is 16.9 Å². The van der Waals surface area contributed by atoms with Crippen LogP contribution in [0.5, 0.6) is 0 Å². The number of alkyl halides is 3. The number of piperidine rings is 1. The normalized spacial score (nSPS) is 23.9. The maximum atomic E-state index is 13.3. The number of halogens is 3. The van der Waals surface area contributed by atoms with Gasteiger partial charge in [0.25, 0.3) is 5.91 Å². The number of pyridine rings is 1. The van der Waals surface area contributed by atoms with Crippen molar-refractivity contribution in [1.29, 1.82) is 5.26 Å². The molecule has 0 spiro atoms. The van der Waals surface area contributed by atoms with Crippen LogP contribution in [-0.2, 0) is 11.7 Å². The number of hydrogen-bond donors (Lipinski definition) is 1. The first-order chi connectivity index (χ1) is 19.8. The number of aromatic amines is 1. The predicted octanol–water partition coefficient (Wildman–Crippen LogP) is 4.00. The van der Waals surface area contributed by atoms with Gasteiger partial charge in [0, 0.05) is 66.3 Å². The van der Waals surface area contributed by atoms with Crippen LogP contribution in [0.1, 0.15) is 48.2 Å². The van der Waals surface area contributed by atoms with Gasteiger partial charge in [-0.15, -0.1) is 0 Å². The molecule has 1 N–H and O–H groups in total. The van der Waals surface area contributed by atoms with E-state index in [4.69, 9.17) is 0 Å². The first kappa shape index (κ1) is 25.6. The number of fused-ring (bicyclic) bond motifs is 3. The summed E-state index contributed by atoms with van der Waals surface area (Å²) in [6.07, 6.45) is 6.95. The molecule has 4 aromatic rings. The molecule has 4 aromatic heterocycles. The molecule has 0 saturated carbocycles. The molecular weight excluding hydrogens is 535 g/mol. The van der Waals surface area contributed by atoms with Gasteiger partial charge in [-0.25, -0.2) is 9.97 Å². The van der Waals surface area contributed by atoms with Crippen molar-refractivity contribution in [1.82, 2.24) is 39.5 Å². The van der Waals surface area contributed by atoms with Gasteiger partial charge in [0.1, 0.15) is 23.2 Å². The van der Waals surface area contributed by atoms with Crippen molar-refractivity contribution in [3.05, 3.63) is 60.6 Å². The lowest BCUT2D eigenvalue weighted by Crippen LogP contribution is -2.67. The molecule has 2 atom stereocenters. The van der Waals surface area contributed by atoms with E-state index in [0.29, 0.717) is 19.5 Å². The molecule has 7 heterocycles. The zero-order valence-corrected chi connectivity index (χ0v) is 21.9. The summed E-state index contributed by atoms with van der Waals surface area (Å²) in [5.41, 5.74) is 0.870. The summed E-state index contributed by atoms with van der Waals surface area (Å²) >= 11 is 0. The summed E-state index contributed by atoms with van der Waals surface area (Å²) in [6, 6.07) is 6.63. The highest BCUT2D eigenvalue weighted by Gasteiger charge is 2.52. The summed E-state index contributed by atoms with van der Waals surface area (Å²) in [6.45, 7) is 1.31. The second-order valence-electron chi connectivity index (χ2n) is 11.3. The van der Waals surface area contributed by atoms with E-state index in [1.54, 1.807) is 11.1 Å². The van der Waals surface area contributed by atoms with E-state index < -0.39 is 17.4 Å². The van der Waals surface area contributed by atoms with Gasteiger partial charge in [0.15, 0.2) is 0 Å². The van der Waals surface area contributed by atoms with Gasteiger partial charge < -0.3 is 9.88 Å². The van der Waals surface area contributed by atoms with E-state index >= 15 is 0 Å². The van der Waals surface area contributed by atoms with Crippen LogP contribution in [0.25, 0.3) is 22.3 Å². The van der Waals surface area contributed by atoms with Crippen molar-refractivity contribution in [2.45, 2.75) is 61.9 Å². The average molecular weight is 562 g/mol. The smallest absolute Gasteiger partial charge is 0.346 e. The molecule has 7 rings (SSSR count). The Morgan fingerprint density at radius 3 is 2.63 bits per heavy atom. The Kier molecular flexibility index (Phi) is 5.86. The lowest BCUT2D eigenvalue weighted by molar-refractivity contribution is -0.141. The van der Waals surface area contributed by atoms with E-state index in [-0.39, 0.29) is 29.6 Å². The molecule has 2 bridgehead atoms. The lowest BCUT2D eigenvalue weighted by atomic mass is 9.82. The number of likely N-dealkylation sites (tertiary alicyclic amines) is 1. The maximum absolute atomic E-state index is 13.3. The van der Waals surface area contributed by atoms with Crippen LogP contribution in [0.3, 0.4) is 0 Å². The monoisotopic (exact) mass is 561 g/mol. The number of rotatable bonds is 5. The summed E-state index contributed by atoms with van der Waals surface area (Å²) in [7, 11) is 0. The lowest BCUT2D eigenvalue weighted by Gasteiger charge is -2.54. The number of nitrogens with one attached hydrogen (secondary N) is 1. The van der Waals surface area contributed by atoms with Gasteiger partial charge in [-0.1, -0.05) is 0 Å². The number of nitrogens with zero attached hydrogens (tertiary/aromatic N) is 8. The molecule has 1 amide bonds. The van der Waals surface area contributed by atoms with E-state index in [0.717, 1.165) is 60.2 Å². The Balaban J connectivity index is 1.06. The molecule has 3 fully saturated rings. The van der Waals surface area contributed by atoms with Crippen LogP contribution in [0.15, 0.2) is 49.3 Å². The minimum absolute atomic E-state index is 0.0229. The number of hydrogen-bond acceptors (Lipinski definition) is 7. The summed E-state index contributed by atoms with van der Waals surface area (Å²) in [5.74, 6) is -0.364. The Morgan fingerprint density at radius 2 is 1.90 bits per heavy atom. The molecule has 2 unspecified atom stereocenters. The number of H-pyrrole nitrogens is 1. The molecule has 41 heavy (non-hydrogen) atoms. The third kappa shape index (κ3) is 4.24. The topological polar surface area (TPSA) is 120 Å². The highest BCUT2D eigenvalue weighted by molar-refractivity contribution is 5.95. The SMILES string of the molecule is N#CCC1(n2cc(-c3ncnc4[nH]ccc34)cn2)CN(C2CC3CCC(C2)N3C(=O)c2ccnc(C(F)(F)F)c2)C1. The van der Waals surface area contributed by atoms with Crippen molar-refractivity contribution < 1.29 is 18.0 Å². The Morgan fingerprint density at radius 1 is 1.12 bits per heavy atom. The molecule has 10 nitrogen and oxygen atoms in total. The van der Waals surface area contributed by atoms with Gasteiger partial charge in [0.05, 0.1) is 24.4 Å². The van der Waals surface area contributed by atoms with E-state index in [9.17, 15) is 23.2 Å². The van der Waals surface area contributed by atoms with E-state index in [2.05, 4.69) is 36.0 Å². The highest BCUT2D eigenvalue weighted by Crippen LogP contribution is 2.43. The van der Waals surface area contributed by atoms with Gasteiger partial charge in [-0.05, 0) is 43.9 Å². The number of carbonyl (C=O) groups excluding carboxylic acids is 1. The number of aromatic nitrogens is 6. The third-order valence-corrected chi connectivity index (χ3v) is 8.86. The second-order valence-corrected chi connectivity index (χ2v) is 11.3. The third-order valence-electron chi connectivity index (χ3n) is 8.86. The molecule has 3 aliphatic rings. The van der Waals surface area contributed by atoms with Crippen LogP contribution in [0.4, 0.5) is 13.2 Å². The summed E-state index contributed by atoms with van der Waals surface area (Å²) in [5, 5.41) is 15.2. The number of nitriles is 1. The first-order valence-corrected chi connectivity index (χ1v) is 13.6. The van der Waals surface area contributed by atoms with Crippen molar-refractivity contribution in [2.75, 3.05) is 13.1 Å². The zero-order valence-electron chi connectivity index (χ0n) is 21.9. The fraction of sp³-hybridized carbons (Fsp3) is 0.429. The van der Waals surface area contributed by atoms with Crippen molar-refractivity contribution in [3.8, 4) is 17.3 Å². The number of amides is 1.